The summed E-state index contributed by atoms with van der Waals surface area (Å²) in [5, 5.41) is 3.44. The Morgan fingerprint density at radius 1 is 1.05 bits per heavy atom. The Kier molecular flexibility index (Phi) is 5.69. The fourth-order valence-electron chi connectivity index (χ4n) is 3.33. The molecule has 0 spiro atoms. The molecule has 1 fully saturated rings. The van der Waals surface area contributed by atoms with Gasteiger partial charge in [-0.1, -0.05) is 39.8 Å². The monoisotopic (exact) mass is 289 g/mol. The molecule has 0 aliphatic heterocycles. The quantitative estimate of drug-likeness (QED) is 0.855. The number of benzene rings is 1. The van der Waals surface area contributed by atoms with Crippen LogP contribution in [-0.2, 0) is 0 Å². The van der Waals surface area contributed by atoms with E-state index >= 15 is 0 Å². The summed E-state index contributed by atoms with van der Waals surface area (Å²) >= 11 is 0. The van der Waals surface area contributed by atoms with Gasteiger partial charge in [0.05, 0.1) is 0 Å². The standard InChI is InChI=1S/C19H31NO/c1-13(2)15-6-9-17(10-7-15)21-19-12-16(14(3)4)8-11-18(19)20-5/h6-7,9-10,13-14,16,18-20H,8,11-12H2,1-5H3. The number of hydrogen-bond acceptors (Lipinski definition) is 2. The first-order valence-corrected chi connectivity index (χ1v) is 8.45. The lowest BCUT2D eigenvalue weighted by Crippen LogP contribution is -2.46. The maximum Gasteiger partial charge on any atom is 0.119 e. The highest BCUT2D eigenvalue weighted by Gasteiger charge is 2.32. The molecule has 0 radical (unpaired) electrons. The smallest absolute Gasteiger partial charge is 0.119 e. The SMILES string of the molecule is CNC1CCC(C(C)C)CC1Oc1ccc(C(C)C)cc1. The van der Waals surface area contributed by atoms with Gasteiger partial charge in [0.1, 0.15) is 11.9 Å². The number of hydrogen-bond donors (Lipinski definition) is 1. The van der Waals surface area contributed by atoms with Gasteiger partial charge < -0.3 is 10.1 Å². The van der Waals surface area contributed by atoms with Gasteiger partial charge in [0.25, 0.3) is 0 Å². The minimum atomic E-state index is 0.293. The first kappa shape index (κ1) is 16.4. The molecule has 1 aliphatic rings. The van der Waals surface area contributed by atoms with Crippen molar-refractivity contribution in [1.82, 2.24) is 5.32 Å². The summed E-state index contributed by atoms with van der Waals surface area (Å²) in [5.74, 6) is 3.12. The lowest BCUT2D eigenvalue weighted by atomic mass is 9.78. The molecule has 0 heterocycles. The summed E-state index contributed by atoms with van der Waals surface area (Å²) in [5.41, 5.74) is 1.37. The van der Waals surface area contributed by atoms with Gasteiger partial charge in [-0.05, 0) is 61.8 Å². The fraction of sp³-hybridized carbons (Fsp3) is 0.684. The molecule has 118 valence electrons. The lowest BCUT2D eigenvalue weighted by Gasteiger charge is -2.37. The van der Waals surface area contributed by atoms with E-state index in [-0.39, 0.29) is 0 Å². The Bertz CT molecular complexity index is 424. The normalized spacial score (nSPS) is 26.3. The van der Waals surface area contributed by atoms with Gasteiger partial charge >= 0.3 is 0 Å². The van der Waals surface area contributed by atoms with Crippen molar-refractivity contribution < 1.29 is 4.74 Å². The van der Waals surface area contributed by atoms with Gasteiger partial charge in [0.15, 0.2) is 0 Å². The van der Waals surface area contributed by atoms with Gasteiger partial charge in [-0.25, -0.2) is 0 Å². The zero-order valence-electron chi connectivity index (χ0n) is 14.2. The fourth-order valence-corrected chi connectivity index (χ4v) is 3.33. The highest BCUT2D eigenvalue weighted by Crippen LogP contribution is 2.32. The molecule has 0 aromatic heterocycles. The molecule has 2 heteroatoms. The van der Waals surface area contributed by atoms with Crippen LogP contribution in [0.15, 0.2) is 24.3 Å². The molecular formula is C19H31NO. The Morgan fingerprint density at radius 3 is 2.24 bits per heavy atom. The van der Waals surface area contributed by atoms with Crippen LogP contribution in [0.3, 0.4) is 0 Å². The molecular weight excluding hydrogens is 258 g/mol. The van der Waals surface area contributed by atoms with Crippen LogP contribution < -0.4 is 10.1 Å². The van der Waals surface area contributed by atoms with Crippen LogP contribution >= 0.6 is 0 Å². The molecule has 0 saturated heterocycles. The molecule has 2 nitrogen and oxygen atoms in total. The van der Waals surface area contributed by atoms with Crippen LogP contribution in [0.25, 0.3) is 0 Å². The minimum absolute atomic E-state index is 0.293. The van der Waals surface area contributed by atoms with E-state index < -0.39 is 0 Å². The zero-order chi connectivity index (χ0) is 15.4. The average molecular weight is 289 g/mol. The molecule has 3 atom stereocenters. The number of nitrogens with one attached hydrogen (secondary N) is 1. The van der Waals surface area contributed by atoms with E-state index in [4.69, 9.17) is 4.74 Å². The first-order valence-electron chi connectivity index (χ1n) is 8.45. The molecule has 1 saturated carbocycles. The van der Waals surface area contributed by atoms with E-state index in [1.807, 2.05) is 0 Å². The molecule has 1 aromatic rings. The summed E-state index contributed by atoms with van der Waals surface area (Å²) in [6, 6.07) is 9.11. The first-order chi connectivity index (χ1) is 10.0. The van der Waals surface area contributed by atoms with Crippen molar-refractivity contribution in [3.05, 3.63) is 29.8 Å². The van der Waals surface area contributed by atoms with E-state index in [2.05, 4.69) is 64.3 Å². The van der Waals surface area contributed by atoms with Crippen LogP contribution in [0, 0.1) is 11.8 Å². The van der Waals surface area contributed by atoms with E-state index in [0.717, 1.165) is 24.0 Å². The Hall–Kier alpha value is -1.02. The van der Waals surface area contributed by atoms with Gasteiger partial charge in [-0.3, -0.25) is 0 Å². The maximum absolute atomic E-state index is 6.31. The number of ether oxygens (including phenoxy) is 1. The minimum Gasteiger partial charge on any atom is -0.489 e. The molecule has 1 aromatic carbocycles. The number of likely N-dealkylation sites (N-methyl/N-ethyl adjacent to an activating group) is 1. The molecule has 0 bridgehead atoms. The molecule has 21 heavy (non-hydrogen) atoms. The highest BCUT2D eigenvalue weighted by atomic mass is 16.5. The van der Waals surface area contributed by atoms with Gasteiger partial charge in [-0.15, -0.1) is 0 Å². The molecule has 1 aliphatic carbocycles. The maximum atomic E-state index is 6.31. The topological polar surface area (TPSA) is 21.3 Å². The zero-order valence-corrected chi connectivity index (χ0v) is 14.2. The Labute approximate surface area is 130 Å². The van der Waals surface area contributed by atoms with Crippen LogP contribution in [0.5, 0.6) is 5.75 Å². The largest absolute Gasteiger partial charge is 0.489 e. The van der Waals surface area contributed by atoms with Crippen LogP contribution in [0.2, 0.25) is 0 Å². The van der Waals surface area contributed by atoms with E-state index in [0.29, 0.717) is 18.1 Å². The predicted octanol–water partition coefficient (Wildman–Crippen LogP) is 4.60. The summed E-state index contributed by atoms with van der Waals surface area (Å²) in [6.07, 6.45) is 3.99. The van der Waals surface area contributed by atoms with Crippen molar-refractivity contribution in [3.8, 4) is 5.75 Å². The molecule has 1 N–H and O–H groups in total. The summed E-state index contributed by atoms with van der Waals surface area (Å²) < 4.78 is 6.31. The predicted molar refractivity (Wildman–Crippen MR) is 90.0 cm³/mol. The lowest BCUT2D eigenvalue weighted by molar-refractivity contribution is 0.0749. The van der Waals surface area contributed by atoms with Crippen molar-refractivity contribution in [2.75, 3.05) is 7.05 Å². The third-order valence-corrected chi connectivity index (χ3v) is 4.98. The van der Waals surface area contributed by atoms with Crippen molar-refractivity contribution in [2.24, 2.45) is 11.8 Å². The second kappa shape index (κ2) is 7.31. The second-order valence-electron chi connectivity index (χ2n) is 7.09. The third-order valence-electron chi connectivity index (χ3n) is 4.98. The highest BCUT2D eigenvalue weighted by molar-refractivity contribution is 5.29. The van der Waals surface area contributed by atoms with E-state index in [1.165, 1.54) is 18.4 Å². The van der Waals surface area contributed by atoms with Crippen molar-refractivity contribution in [1.29, 1.82) is 0 Å². The van der Waals surface area contributed by atoms with E-state index in [1.54, 1.807) is 0 Å². The van der Waals surface area contributed by atoms with Crippen molar-refractivity contribution in [3.63, 3.8) is 0 Å². The van der Waals surface area contributed by atoms with Crippen LogP contribution in [0.4, 0.5) is 0 Å². The molecule has 2 rings (SSSR count). The Morgan fingerprint density at radius 2 is 1.71 bits per heavy atom. The van der Waals surface area contributed by atoms with Crippen LogP contribution in [-0.4, -0.2) is 19.2 Å². The van der Waals surface area contributed by atoms with Gasteiger partial charge in [0.2, 0.25) is 0 Å². The van der Waals surface area contributed by atoms with Gasteiger partial charge in [0, 0.05) is 6.04 Å². The third kappa shape index (κ3) is 4.23. The van der Waals surface area contributed by atoms with Crippen LogP contribution in [0.1, 0.15) is 58.4 Å². The Balaban J connectivity index is 2.03. The van der Waals surface area contributed by atoms with Crippen molar-refractivity contribution in [2.45, 2.75) is 65.0 Å². The summed E-state index contributed by atoms with van der Waals surface area (Å²) in [4.78, 5) is 0. The second-order valence-corrected chi connectivity index (χ2v) is 7.09. The summed E-state index contributed by atoms with van der Waals surface area (Å²) in [6.45, 7) is 9.11. The average Bonchev–Trinajstić information content (AvgIpc) is 2.47. The number of rotatable bonds is 5. The summed E-state index contributed by atoms with van der Waals surface area (Å²) in [7, 11) is 2.05. The van der Waals surface area contributed by atoms with E-state index in [9.17, 15) is 0 Å². The molecule has 3 unspecified atom stereocenters. The van der Waals surface area contributed by atoms with Gasteiger partial charge in [-0.2, -0.15) is 0 Å². The molecule has 0 amide bonds. The van der Waals surface area contributed by atoms with Crippen molar-refractivity contribution >= 4 is 0 Å².